The van der Waals surface area contributed by atoms with Gasteiger partial charge in [-0.3, -0.25) is 4.98 Å². The average molecular weight is 200 g/mol. The molecule has 2 nitrogen and oxygen atoms in total. The van der Waals surface area contributed by atoms with Crippen LogP contribution in [0.25, 0.3) is 0 Å². The van der Waals surface area contributed by atoms with Crippen molar-refractivity contribution in [1.82, 2.24) is 4.98 Å². The van der Waals surface area contributed by atoms with E-state index < -0.39 is 0 Å². The first-order valence-corrected chi connectivity index (χ1v) is 5.63. The van der Waals surface area contributed by atoms with Gasteiger partial charge < -0.3 is 0 Å². The fourth-order valence-electron chi connectivity index (χ4n) is 2.50. The highest BCUT2D eigenvalue weighted by Gasteiger charge is 2.17. The minimum absolute atomic E-state index is 0.831. The minimum atomic E-state index is 0.831. The number of aryl methyl sites for hydroxylation is 2. The third-order valence-electron chi connectivity index (χ3n) is 3.27. The maximum Gasteiger partial charge on any atom is 0.101 e. The summed E-state index contributed by atoms with van der Waals surface area (Å²) in [4.78, 5) is 4.48. The van der Waals surface area contributed by atoms with Crippen molar-refractivity contribution >= 4 is 0 Å². The van der Waals surface area contributed by atoms with Gasteiger partial charge in [0.1, 0.15) is 6.07 Å². The molecule has 0 radical (unpaired) electrons. The number of hydrogen-bond acceptors (Lipinski definition) is 2. The van der Waals surface area contributed by atoms with Gasteiger partial charge in [0.05, 0.1) is 11.3 Å². The van der Waals surface area contributed by atoms with E-state index in [0.29, 0.717) is 0 Å². The van der Waals surface area contributed by atoms with E-state index in [1.807, 2.05) is 6.92 Å². The van der Waals surface area contributed by atoms with E-state index in [1.54, 1.807) is 0 Å². The summed E-state index contributed by atoms with van der Waals surface area (Å²) in [5, 5.41) is 9.17. The van der Waals surface area contributed by atoms with Gasteiger partial charge in [-0.15, -0.1) is 0 Å². The molecular weight excluding hydrogens is 184 g/mol. The summed E-state index contributed by atoms with van der Waals surface area (Å²) in [6.45, 7) is 4.01. The van der Waals surface area contributed by atoms with Crippen molar-refractivity contribution < 1.29 is 0 Å². The van der Waals surface area contributed by atoms with Crippen LogP contribution >= 0.6 is 0 Å². The summed E-state index contributed by atoms with van der Waals surface area (Å²) < 4.78 is 0. The number of fused-ring (bicyclic) bond motifs is 1. The van der Waals surface area contributed by atoms with Crippen LogP contribution in [0.2, 0.25) is 0 Å². The lowest BCUT2D eigenvalue weighted by molar-refractivity contribution is 0.710. The number of pyridine rings is 1. The summed E-state index contributed by atoms with van der Waals surface area (Å²) in [7, 11) is 0. The van der Waals surface area contributed by atoms with Gasteiger partial charge in [0.15, 0.2) is 0 Å². The van der Waals surface area contributed by atoms with E-state index in [-0.39, 0.29) is 0 Å². The first-order valence-electron chi connectivity index (χ1n) is 5.63. The van der Waals surface area contributed by atoms with Crippen LogP contribution in [0.5, 0.6) is 0 Å². The van der Waals surface area contributed by atoms with Gasteiger partial charge in [-0.25, -0.2) is 0 Å². The van der Waals surface area contributed by atoms with Crippen LogP contribution in [0.3, 0.4) is 0 Å². The molecule has 2 heteroatoms. The second-order valence-electron chi connectivity index (χ2n) is 4.29. The molecule has 0 fully saturated rings. The van der Waals surface area contributed by atoms with Crippen LogP contribution in [0.1, 0.15) is 47.3 Å². The fourth-order valence-corrected chi connectivity index (χ4v) is 2.50. The van der Waals surface area contributed by atoms with Gasteiger partial charge in [0.25, 0.3) is 0 Å². The molecule has 0 aliphatic heterocycles. The molecule has 0 N–H and O–H groups in total. The topological polar surface area (TPSA) is 36.7 Å². The summed E-state index contributed by atoms with van der Waals surface area (Å²) in [5.74, 6) is 0. The molecule has 0 unspecified atom stereocenters. The van der Waals surface area contributed by atoms with Crippen molar-refractivity contribution in [3.63, 3.8) is 0 Å². The lowest BCUT2D eigenvalue weighted by Crippen LogP contribution is -2.04. The predicted molar refractivity (Wildman–Crippen MR) is 59.7 cm³/mol. The Labute approximate surface area is 91.0 Å². The molecule has 1 aromatic heterocycles. The number of hydrogen-bond donors (Lipinski definition) is 0. The van der Waals surface area contributed by atoms with Crippen molar-refractivity contribution in [3.05, 3.63) is 28.1 Å². The van der Waals surface area contributed by atoms with Crippen LogP contribution in [0, 0.1) is 25.2 Å². The standard InChI is InChI=1S/C13H16N2/c1-9-11-6-4-3-5-7-12(11)13(8-14)10(2)15-9/h3-7H2,1-2H3. The minimum Gasteiger partial charge on any atom is -0.257 e. The van der Waals surface area contributed by atoms with Gasteiger partial charge in [-0.05, 0) is 50.7 Å². The lowest BCUT2D eigenvalue weighted by Gasteiger charge is -2.12. The molecule has 0 aromatic carbocycles. The van der Waals surface area contributed by atoms with Crippen LogP contribution in [0.15, 0.2) is 0 Å². The monoisotopic (exact) mass is 200 g/mol. The molecule has 1 aliphatic rings. The van der Waals surface area contributed by atoms with Gasteiger partial charge in [-0.1, -0.05) is 6.42 Å². The molecule has 1 heterocycles. The predicted octanol–water partition coefficient (Wildman–Crippen LogP) is 2.84. The average Bonchev–Trinajstić information content (AvgIpc) is 2.44. The molecular formula is C13H16N2. The third kappa shape index (κ3) is 1.74. The smallest absolute Gasteiger partial charge is 0.101 e. The van der Waals surface area contributed by atoms with Crippen LogP contribution in [0.4, 0.5) is 0 Å². The Morgan fingerprint density at radius 3 is 2.33 bits per heavy atom. The summed E-state index contributed by atoms with van der Waals surface area (Å²) >= 11 is 0. The Balaban J connectivity index is 2.64. The van der Waals surface area contributed by atoms with Gasteiger partial charge in [0, 0.05) is 5.69 Å². The van der Waals surface area contributed by atoms with E-state index in [0.717, 1.165) is 29.8 Å². The zero-order chi connectivity index (χ0) is 10.8. The van der Waals surface area contributed by atoms with Gasteiger partial charge >= 0.3 is 0 Å². The molecule has 0 saturated carbocycles. The second-order valence-corrected chi connectivity index (χ2v) is 4.29. The van der Waals surface area contributed by atoms with Crippen molar-refractivity contribution in [3.8, 4) is 6.07 Å². The summed E-state index contributed by atoms with van der Waals surface area (Å²) in [6, 6.07) is 2.32. The third-order valence-corrected chi connectivity index (χ3v) is 3.27. The molecule has 15 heavy (non-hydrogen) atoms. The number of aromatic nitrogens is 1. The zero-order valence-corrected chi connectivity index (χ0v) is 9.43. The highest BCUT2D eigenvalue weighted by Crippen LogP contribution is 2.26. The highest BCUT2D eigenvalue weighted by atomic mass is 14.7. The molecule has 0 amide bonds. The largest absolute Gasteiger partial charge is 0.257 e. The Bertz CT molecular complexity index is 427. The maximum atomic E-state index is 9.17. The zero-order valence-electron chi connectivity index (χ0n) is 9.43. The Morgan fingerprint density at radius 1 is 1.00 bits per heavy atom. The van der Waals surface area contributed by atoms with Crippen molar-refractivity contribution in [2.24, 2.45) is 0 Å². The molecule has 78 valence electrons. The fraction of sp³-hybridized carbons (Fsp3) is 0.538. The van der Waals surface area contributed by atoms with E-state index in [1.165, 1.54) is 30.4 Å². The lowest BCUT2D eigenvalue weighted by atomic mass is 9.96. The first kappa shape index (κ1) is 10.2. The van der Waals surface area contributed by atoms with Crippen LogP contribution in [-0.4, -0.2) is 4.98 Å². The maximum absolute atomic E-state index is 9.17. The van der Waals surface area contributed by atoms with Crippen molar-refractivity contribution in [2.75, 3.05) is 0 Å². The highest BCUT2D eigenvalue weighted by molar-refractivity contribution is 5.47. The summed E-state index contributed by atoms with van der Waals surface area (Å²) in [6.07, 6.45) is 5.89. The van der Waals surface area contributed by atoms with Crippen molar-refractivity contribution in [1.29, 1.82) is 5.26 Å². The molecule has 1 aliphatic carbocycles. The quantitative estimate of drug-likeness (QED) is 0.604. The Morgan fingerprint density at radius 2 is 1.67 bits per heavy atom. The first-order chi connectivity index (χ1) is 7.24. The SMILES string of the molecule is Cc1nc(C)c2c(c1C#N)CCCCC2. The van der Waals surface area contributed by atoms with Crippen LogP contribution in [-0.2, 0) is 12.8 Å². The molecule has 0 saturated heterocycles. The molecule has 0 spiro atoms. The molecule has 0 bridgehead atoms. The van der Waals surface area contributed by atoms with Gasteiger partial charge in [0.2, 0.25) is 0 Å². The summed E-state index contributed by atoms with van der Waals surface area (Å²) in [5.41, 5.74) is 5.48. The van der Waals surface area contributed by atoms with E-state index >= 15 is 0 Å². The van der Waals surface area contributed by atoms with Crippen LogP contribution < -0.4 is 0 Å². The number of rotatable bonds is 0. The van der Waals surface area contributed by atoms with E-state index in [4.69, 9.17) is 5.26 Å². The van der Waals surface area contributed by atoms with E-state index in [9.17, 15) is 0 Å². The van der Waals surface area contributed by atoms with Crippen molar-refractivity contribution in [2.45, 2.75) is 46.0 Å². The molecule has 1 aromatic rings. The molecule has 2 rings (SSSR count). The second kappa shape index (κ2) is 4.02. The number of nitrogens with zero attached hydrogens (tertiary/aromatic N) is 2. The van der Waals surface area contributed by atoms with Gasteiger partial charge in [-0.2, -0.15) is 5.26 Å². The molecule has 0 atom stereocenters. The Kier molecular flexibility index (Phi) is 2.73. The number of nitriles is 1. The Hall–Kier alpha value is -1.36. The van der Waals surface area contributed by atoms with E-state index in [2.05, 4.69) is 18.0 Å². The normalized spacial score (nSPS) is 15.3.